The molecule has 0 aliphatic rings. The molecule has 0 unspecified atom stereocenters. The minimum absolute atomic E-state index is 0.0923. The van der Waals surface area contributed by atoms with Crippen molar-refractivity contribution in [2.24, 2.45) is 0 Å². The Labute approximate surface area is 131 Å². The van der Waals surface area contributed by atoms with Gasteiger partial charge < -0.3 is 4.74 Å². The predicted molar refractivity (Wildman–Crippen MR) is 78.3 cm³/mol. The summed E-state index contributed by atoms with van der Waals surface area (Å²) in [6, 6.07) is 4.70. The van der Waals surface area contributed by atoms with E-state index in [-0.39, 0.29) is 17.2 Å². The summed E-state index contributed by atoms with van der Waals surface area (Å²) in [7, 11) is 0. The molecule has 1 aromatic carbocycles. The van der Waals surface area contributed by atoms with Gasteiger partial charge in [-0.1, -0.05) is 6.07 Å². The monoisotopic (exact) mass is 332 g/mol. The van der Waals surface area contributed by atoms with Crippen molar-refractivity contribution in [3.8, 4) is 11.5 Å². The Morgan fingerprint density at radius 1 is 1.23 bits per heavy atom. The molecule has 2 rings (SSSR count). The predicted octanol–water partition coefficient (Wildman–Crippen LogP) is 5.19. The molecule has 2 aromatic rings. The van der Waals surface area contributed by atoms with Gasteiger partial charge in [-0.3, -0.25) is 4.68 Å². The molecule has 7 heteroatoms. The van der Waals surface area contributed by atoms with Crippen molar-refractivity contribution >= 4 is 11.6 Å². The summed E-state index contributed by atoms with van der Waals surface area (Å²) >= 11 is 5.93. The zero-order chi connectivity index (χ0) is 16.5. The largest absolute Gasteiger partial charge is 0.454 e. The Hall–Kier alpha value is -1.69. The molecule has 0 radical (unpaired) electrons. The molecule has 3 nitrogen and oxygen atoms in total. The first-order valence-electron chi connectivity index (χ1n) is 6.61. The van der Waals surface area contributed by atoms with E-state index in [1.807, 2.05) is 20.8 Å². The number of nitrogens with zero attached hydrogens (tertiary/aromatic N) is 2. The van der Waals surface area contributed by atoms with Crippen LogP contribution in [0.5, 0.6) is 11.5 Å². The van der Waals surface area contributed by atoms with E-state index in [4.69, 9.17) is 16.3 Å². The summed E-state index contributed by atoms with van der Waals surface area (Å²) in [4.78, 5) is 0. The van der Waals surface area contributed by atoms with E-state index in [0.717, 1.165) is 12.1 Å². The van der Waals surface area contributed by atoms with Crippen LogP contribution in [-0.4, -0.2) is 9.78 Å². The average Bonchev–Trinajstić information content (AvgIpc) is 2.80. The van der Waals surface area contributed by atoms with E-state index in [1.54, 1.807) is 4.68 Å². The van der Waals surface area contributed by atoms with Crippen LogP contribution < -0.4 is 4.74 Å². The van der Waals surface area contributed by atoms with Crippen molar-refractivity contribution < 1.29 is 17.9 Å². The van der Waals surface area contributed by atoms with Crippen LogP contribution >= 0.6 is 11.6 Å². The van der Waals surface area contributed by atoms with Gasteiger partial charge >= 0.3 is 6.18 Å². The van der Waals surface area contributed by atoms with Crippen molar-refractivity contribution in [2.75, 3.05) is 0 Å². The van der Waals surface area contributed by atoms with Crippen LogP contribution in [0.1, 0.15) is 32.0 Å². The smallest absolute Gasteiger partial charge is 0.416 e. The van der Waals surface area contributed by atoms with Crippen molar-refractivity contribution in [1.82, 2.24) is 9.78 Å². The maximum absolute atomic E-state index is 12.7. The highest BCUT2D eigenvalue weighted by Gasteiger charge is 2.31. The second-order valence-corrected chi connectivity index (χ2v) is 6.07. The molecular formula is C15H16ClF3N2O. The van der Waals surface area contributed by atoms with Gasteiger partial charge in [0.05, 0.1) is 28.9 Å². The third-order valence-electron chi connectivity index (χ3n) is 2.98. The number of aromatic nitrogens is 2. The lowest BCUT2D eigenvalue weighted by molar-refractivity contribution is -0.137. The molecule has 0 aliphatic heterocycles. The Kier molecular flexibility index (Phi) is 4.42. The standard InChI is InChI=1S/C15H16ClF3N2O/c1-14(2,3)21-12(8-16)13(9-20-21)22-11-6-4-5-10(7-11)15(17,18)19/h4-7,9H,8H2,1-3H3. The summed E-state index contributed by atoms with van der Waals surface area (Å²) in [6.07, 6.45) is -2.95. The Morgan fingerprint density at radius 2 is 1.91 bits per heavy atom. The first kappa shape index (κ1) is 16.7. The molecular weight excluding hydrogens is 317 g/mol. The lowest BCUT2D eigenvalue weighted by Crippen LogP contribution is -2.24. The SMILES string of the molecule is CC(C)(C)n1ncc(Oc2cccc(C(F)(F)F)c2)c1CCl. The van der Waals surface area contributed by atoms with Gasteiger partial charge in [-0.2, -0.15) is 18.3 Å². The summed E-state index contributed by atoms with van der Waals surface area (Å²) < 4.78 is 45.4. The molecule has 22 heavy (non-hydrogen) atoms. The van der Waals surface area contributed by atoms with Gasteiger partial charge in [-0.15, -0.1) is 11.6 Å². The number of halogens is 4. The van der Waals surface area contributed by atoms with Gasteiger partial charge in [0.2, 0.25) is 0 Å². The van der Waals surface area contributed by atoms with Gasteiger partial charge in [0.1, 0.15) is 5.75 Å². The van der Waals surface area contributed by atoms with Crippen molar-refractivity contribution in [1.29, 1.82) is 0 Å². The van der Waals surface area contributed by atoms with Crippen LogP contribution in [0.2, 0.25) is 0 Å². The van der Waals surface area contributed by atoms with Crippen LogP contribution in [0.25, 0.3) is 0 Å². The molecule has 120 valence electrons. The van der Waals surface area contributed by atoms with E-state index in [9.17, 15) is 13.2 Å². The lowest BCUT2D eigenvalue weighted by Gasteiger charge is -2.22. The summed E-state index contributed by atoms with van der Waals surface area (Å²) in [5.41, 5.74) is -0.452. The van der Waals surface area contributed by atoms with E-state index in [0.29, 0.717) is 11.4 Å². The molecule has 1 heterocycles. The highest BCUT2D eigenvalue weighted by atomic mass is 35.5. The molecule has 0 spiro atoms. The fourth-order valence-corrected chi connectivity index (χ4v) is 2.25. The molecule has 0 fully saturated rings. The minimum Gasteiger partial charge on any atom is -0.454 e. The van der Waals surface area contributed by atoms with Gasteiger partial charge in [0.25, 0.3) is 0 Å². The molecule has 0 atom stereocenters. The minimum atomic E-state index is -4.41. The maximum atomic E-state index is 12.7. The van der Waals surface area contributed by atoms with Crippen LogP contribution in [0.15, 0.2) is 30.5 Å². The zero-order valence-electron chi connectivity index (χ0n) is 12.4. The fourth-order valence-electron chi connectivity index (χ4n) is 2.01. The summed E-state index contributed by atoms with van der Waals surface area (Å²) in [5, 5.41) is 4.21. The average molecular weight is 333 g/mol. The van der Waals surface area contributed by atoms with E-state index < -0.39 is 11.7 Å². The Balaban J connectivity index is 2.34. The third-order valence-corrected chi connectivity index (χ3v) is 3.23. The maximum Gasteiger partial charge on any atom is 0.416 e. The van der Waals surface area contributed by atoms with Gasteiger partial charge in [-0.05, 0) is 39.0 Å². The van der Waals surface area contributed by atoms with Crippen molar-refractivity contribution in [3.05, 3.63) is 41.7 Å². The number of alkyl halides is 4. The summed E-state index contributed by atoms with van der Waals surface area (Å²) in [5.74, 6) is 0.588. The Morgan fingerprint density at radius 3 is 2.45 bits per heavy atom. The zero-order valence-corrected chi connectivity index (χ0v) is 13.2. The van der Waals surface area contributed by atoms with Gasteiger partial charge in [0.15, 0.2) is 5.75 Å². The second-order valence-electron chi connectivity index (χ2n) is 5.80. The molecule has 0 bridgehead atoms. The van der Waals surface area contributed by atoms with Crippen molar-refractivity contribution in [2.45, 2.75) is 38.4 Å². The molecule has 0 saturated carbocycles. The molecule has 1 aromatic heterocycles. The number of benzene rings is 1. The van der Waals surface area contributed by atoms with Crippen molar-refractivity contribution in [3.63, 3.8) is 0 Å². The van der Waals surface area contributed by atoms with E-state index >= 15 is 0 Å². The topological polar surface area (TPSA) is 27.1 Å². The highest BCUT2D eigenvalue weighted by Crippen LogP contribution is 2.34. The quantitative estimate of drug-likeness (QED) is 0.723. The number of hydrogen-bond donors (Lipinski definition) is 0. The molecule has 0 amide bonds. The first-order valence-corrected chi connectivity index (χ1v) is 7.15. The van der Waals surface area contributed by atoms with E-state index in [1.165, 1.54) is 18.3 Å². The molecule has 0 N–H and O–H groups in total. The second kappa shape index (κ2) is 5.83. The third kappa shape index (κ3) is 3.55. The first-order chi connectivity index (χ1) is 10.1. The van der Waals surface area contributed by atoms with Crippen LogP contribution in [0.4, 0.5) is 13.2 Å². The normalized spacial score (nSPS) is 12.5. The molecule has 0 aliphatic carbocycles. The van der Waals surface area contributed by atoms with E-state index in [2.05, 4.69) is 5.10 Å². The number of hydrogen-bond acceptors (Lipinski definition) is 2. The lowest BCUT2D eigenvalue weighted by atomic mass is 10.1. The summed E-state index contributed by atoms with van der Waals surface area (Å²) in [6.45, 7) is 5.85. The number of rotatable bonds is 3. The van der Waals surface area contributed by atoms with Crippen LogP contribution in [0.3, 0.4) is 0 Å². The van der Waals surface area contributed by atoms with Crippen LogP contribution in [-0.2, 0) is 17.6 Å². The van der Waals surface area contributed by atoms with Gasteiger partial charge in [-0.25, -0.2) is 0 Å². The Bertz CT molecular complexity index is 660. The number of ether oxygens (including phenoxy) is 1. The van der Waals surface area contributed by atoms with Crippen LogP contribution in [0, 0.1) is 0 Å². The molecule has 0 saturated heterocycles. The fraction of sp³-hybridized carbons (Fsp3) is 0.400. The highest BCUT2D eigenvalue weighted by molar-refractivity contribution is 6.17. The van der Waals surface area contributed by atoms with Gasteiger partial charge in [0, 0.05) is 0 Å².